The highest BCUT2D eigenvalue weighted by atomic mass is 16.5. The van der Waals surface area contributed by atoms with E-state index in [1.165, 1.54) is 0 Å². The number of hydrogen-bond acceptors (Lipinski definition) is 5. The normalized spacial score (nSPS) is 14.4. The van der Waals surface area contributed by atoms with Gasteiger partial charge in [0, 0.05) is 56.7 Å². The topological polar surface area (TPSA) is 54.0 Å². The third kappa shape index (κ3) is 6.97. The van der Waals surface area contributed by atoms with Gasteiger partial charge in [0.1, 0.15) is 12.4 Å². The number of nitrogens with one attached hydrogen (secondary N) is 1. The molecule has 0 unspecified atom stereocenters. The Hall–Kier alpha value is -2.57. The Morgan fingerprint density at radius 2 is 1.81 bits per heavy atom. The summed E-state index contributed by atoms with van der Waals surface area (Å²) in [5.41, 5.74) is 2.83. The van der Waals surface area contributed by atoms with E-state index in [4.69, 9.17) is 9.47 Å². The number of rotatable bonds is 11. The van der Waals surface area contributed by atoms with E-state index in [1.54, 1.807) is 0 Å². The van der Waals surface area contributed by atoms with Gasteiger partial charge in [0.05, 0.1) is 0 Å². The third-order valence-corrected chi connectivity index (χ3v) is 6.14. The Labute approximate surface area is 192 Å². The van der Waals surface area contributed by atoms with Crippen LogP contribution < -0.4 is 15.0 Å². The van der Waals surface area contributed by atoms with Crippen LogP contribution in [0.15, 0.2) is 48.5 Å². The van der Waals surface area contributed by atoms with Gasteiger partial charge in [-0.25, -0.2) is 0 Å². The monoisotopic (exact) mass is 439 g/mol. The molecule has 2 aromatic rings. The maximum atomic E-state index is 12.6. The first kappa shape index (κ1) is 24.1. The smallest absolute Gasteiger partial charge is 0.251 e. The molecule has 1 fully saturated rings. The lowest BCUT2D eigenvalue weighted by molar-refractivity contribution is 0.0392. The molecule has 0 aliphatic carbocycles. The summed E-state index contributed by atoms with van der Waals surface area (Å²) in [5.74, 6) is 0.765. The highest BCUT2D eigenvalue weighted by Gasteiger charge is 2.18. The van der Waals surface area contributed by atoms with Crippen molar-refractivity contribution in [3.63, 3.8) is 0 Å². The first-order valence-electron chi connectivity index (χ1n) is 11.7. The van der Waals surface area contributed by atoms with Gasteiger partial charge in [-0.15, -0.1) is 0 Å². The number of benzene rings is 2. The molecule has 0 atom stereocenters. The van der Waals surface area contributed by atoms with Crippen LogP contribution in [0.25, 0.3) is 0 Å². The molecule has 32 heavy (non-hydrogen) atoms. The largest absolute Gasteiger partial charge is 0.492 e. The van der Waals surface area contributed by atoms with Crippen molar-refractivity contribution in [1.29, 1.82) is 0 Å². The number of ether oxygens (including phenoxy) is 2. The first-order valence-corrected chi connectivity index (χ1v) is 11.7. The molecule has 174 valence electrons. The van der Waals surface area contributed by atoms with Gasteiger partial charge in [-0.3, -0.25) is 9.69 Å². The van der Waals surface area contributed by atoms with Gasteiger partial charge in [0.25, 0.3) is 5.91 Å². The summed E-state index contributed by atoms with van der Waals surface area (Å²) in [5, 5.41) is 3.01. The van der Waals surface area contributed by atoms with Crippen molar-refractivity contribution in [3.05, 3.63) is 59.7 Å². The minimum atomic E-state index is -0.0690. The van der Waals surface area contributed by atoms with Gasteiger partial charge >= 0.3 is 0 Å². The fourth-order valence-corrected chi connectivity index (χ4v) is 4.06. The summed E-state index contributed by atoms with van der Waals surface area (Å²) < 4.78 is 11.4. The lowest BCUT2D eigenvalue weighted by Crippen LogP contribution is -2.38. The lowest BCUT2D eigenvalue weighted by atomic mass is 10.1. The number of carbonyl (C=O) groups is 1. The van der Waals surface area contributed by atoms with E-state index in [0.717, 1.165) is 62.7 Å². The maximum absolute atomic E-state index is 12.6. The molecule has 1 aliphatic heterocycles. The molecule has 0 aromatic heterocycles. The van der Waals surface area contributed by atoms with E-state index in [1.807, 2.05) is 48.5 Å². The molecule has 1 heterocycles. The number of hydrogen-bond donors (Lipinski definition) is 1. The summed E-state index contributed by atoms with van der Waals surface area (Å²) >= 11 is 0. The minimum absolute atomic E-state index is 0.0690. The highest BCUT2D eigenvalue weighted by molar-refractivity contribution is 5.94. The second kappa shape index (κ2) is 12.5. The third-order valence-electron chi connectivity index (χ3n) is 6.14. The second-order valence-corrected chi connectivity index (χ2v) is 8.22. The zero-order valence-electron chi connectivity index (χ0n) is 19.7. The molecular formula is C26H37N3O3. The molecule has 1 amide bonds. The van der Waals surface area contributed by atoms with Crippen LogP contribution >= 0.6 is 0 Å². The Morgan fingerprint density at radius 1 is 1.09 bits per heavy atom. The maximum Gasteiger partial charge on any atom is 0.251 e. The predicted molar refractivity (Wildman–Crippen MR) is 130 cm³/mol. The molecule has 1 saturated heterocycles. The van der Waals surface area contributed by atoms with E-state index in [2.05, 4.69) is 36.0 Å². The van der Waals surface area contributed by atoms with Crippen molar-refractivity contribution in [2.75, 3.05) is 51.4 Å². The van der Waals surface area contributed by atoms with Gasteiger partial charge < -0.3 is 19.7 Å². The van der Waals surface area contributed by atoms with E-state index in [0.29, 0.717) is 24.8 Å². The van der Waals surface area contributed by atoms with Crippen molar-refractivity contribution >= 4 is 11.6 Å². The van der Waals surface area contributed by atoms with Gasteiger partial charge in [-0.2, -0.15) is 0 Å². The molecule has 0 saturated carbocycles. The van der Waals surface area contributed by atoms with Gasteiger partial charge in [0.15, 0.2) is 0 Å². The van der Waals surface area contributed by atoms with Crippen LogP contribution in [-0.2, 0) is 11.3 Å². The summed E-state index contributed by atoms with van der Waals surface area (Å²) in [6.45, 7) is 9.86. The van der Waals surface area contributed by atoms with Crippen LogP contribution in [0.5, 0.6) is 5.75 Å². The second-order valence-electron chi connectivity index (χ2n) is 8.22. The zero-order chi connectivity index (χ0) is 22.8. The number of anilines is 1. The fraction of sp³-hybridized carbons (Fsp3) is 0.500. The van der Waals surface area contributed by atoms with Crippen molar-refractivity contribution in [3.8, 4) is 5.75 Å². The zero-order valence-corrected chi connectivity index (χ0v) is 19.7. The summed E-state index contributed by atoms with van der Waals surface area (Å²) in [6, 6.07) is 16.3. The molecular weight excluding hydrogens is 402 g/mol. The number of nitrogens with zero attached hydrogens (tertiary/aromatic N) is 2. The van der Waals surface area contributed by atoms with Crippen molar-refractivity contribution < 1.29 is 14.3 Å². The number of likely N-dealkylation sites (N-methyl/N-ethyl adjacent to an activating group) is 1. The molecule has 6 nitrogen and oxygen atoms in total. The summed E-state index contributed by atoms with van der Waals surface area (Å²) in [4.78, 5) is 17.2. The molecule has 0 radical (unpaired) electrons. The molecule has 3 rings (SSSR count). The van der Waals surface area contributed by atoms with Gasteiger partial charge in [-0.05, 0) is 75.7 Å². The Bertz CT molecular complexity index is 830. The summed E-state index contributed by atoms with van der Waals surface area (Å²) in [7, 11) is 2.15. The van der Waals surface area contributed by atoms with Crippen LogP contribution in [0.4, 0.5) is 5.69 Å². The quantitative estimate of drug-likeness (QED) is 0.575. The van der Waals surface area contributed by atoms with Crippen LogP contribution in [0, 0.1) is 0 Å². The first-order chi connectivity index (χ1) is 15.6. The van der Waals surface area contributed by atoms with Crippen LogP contribution in [-0.4, -0.2) is 63.4 Å². The van der Waals surface area contributed by atoms with Crippen molar-refractivity contribution in [2.24, 2.45) is 0 Å². The van der Waals surface area contributed by atoms with Crippen LogP contribution in [0.3, 0.4) is 0 Å². The van der Waals surface area contributed by atoms with E-state index < -0.39 is 0 Å². The fourth-order valence-electron chi connectivity index (χ4n) is 4.06. The Balaban J connectivity index is 1.45. The van der Waals surface area contributed by atoms with Crippen LogP contribution in [0.1, 0.15) is 42.6 Å². The molecule has 1 aliphatic rings. The average molecular weight is 440 g/mol. The van der Waals surface area contributed by atoms with E-state index in [9.17, 15) is 4.79 Å². The van der Waals surface area contributed by atoms with Crippen LogP contribution in [0.2, 0.25) is 0 Å². The predicted octanol–water partition coefficient (Wildman–Crippen LogP) is 3.95. The Morgan fingerprint density at radius 3 is 2.50 bits per heavy atom. The molecule has 0 spiro atoms. The lowest BCUT2D eigenvalue weighted by Gasteiger charge is -2.31. The van der Waals surface area contributed by atoms with Crippen molar-refractivity contribution in [1.82, 2.24) is 10.2 Å². The molecule has 0 bridgehead atoms. The molecule has 2 aromatic carbocycles. The highest BCUT2D eigenvalue weighted by Crippen LogP contribution is 2.17. The minimum Gasteiger partial charge on any atom is -0.492 e. The SMILES string of the molecule is CCN(CC)c1ccc(C(=O)NCc2cccc(OCCN(C)C3CCOCC3)c2)cc1. The molecule has 6 heteroatoms. The van der Waals surface area contributed by atoms with Gasteiger partial charge in [-0.1, -0.05) is 12.1 Å². The van der Waals surface area contributed by atoms with Crippen molar-refractivity contribution in [2.45, 2.75) is 39.3 Å². The van der Waals surface area contributed by atoms with Gasteiger partial charge in [0.2, 0.25) is 0 Å². The molecule has 1 N–H and O–H groups in total. The summed E-state index contributed by atoms with van der Waals surface area (Å²) in [6.07, 6.45) is 2.17. The number of carbonyl (C=O) groups excluding carboxylic acids is 1. The van der Waals surface area contributed by atoms with E-state index >= 15 is 0 Å². The average Bonchev–Trinajstić information content (AvgIpc) is 2.84. The number of amides is 1. The standard InChI is InChI=1S/C26H37N3O3/c1-4-29(5-2)24-11-9-22(10-12-24)26(30)27-20-21-7-6-8-25(19-21)32-18-15-28(3)23-13-16-31-17-14-23/h6-12,19,23H,4-5,13-18,20H2,1-3H3,(H,27,30). The Kier molecular flexibility index (Phi) is 9.38. The van der Waals surface area contributed by atoms with E-state index in [-0.39, 0.29) is 5.91 Å².